The van der Waals surface area contributed by atoms with Gasteiger partial charge in [0.1, 0.15) is 8.07 Å². The van der Waals surface area contributed by atoms with Crippen molar-refractivity contribution in [1.82, 2.24) is 0 Å². The molecule has 374 valence electrons. The van der Waals surface area contributed by atoms with Gasteiger partial charge in [-0.2, -0.15) is 0 Å². The summed E-state index contributed by atoms with van der Waals surface area (Å²) in [5.74, 6) is 2.96. The van der Waals surface area contributed by atoms with Gasteiger partial charge in [0.05, 0.1) is 5.54 Å². The van der Waals surface area contributed by atoms with Crippen LogP contribution in [-0.2, 0) is 16.2 Å². The number of nitrogens with zero attached hydrogens (tertiary/aromatic N) is 3. The van der Waals surface area contributed by atoms with Crippen molar-refractivity contribution in [2.24, 2.45) is 23.7 Å². The monoisotopic (exact) mass is 1000 g/mol. The van der Waals surface area contributed by atoms with E-state index in [0.29, 0.717) is 11.8 Å². The van der Waals surface area contributed by atoms with Crippen molar-refractivity contribution in [3.05, 3.63) is 203 Å². The van der Waals surface area contributed by atoms with Crippen molar-refractivity contribution in [2.45, 2.75) is 121 Å². The minimum atomic E-state index is -2.59. The van der Waals surface area contributed by atoms with Crippen molar-refractivity contribution >= 4 is 92.2 Å². The van der Waals surface area contributed by atoms with E-state index >= 15 is 0 Å². The Morgan fingerprint density at radius 3 is 1.79 bits per heavy atom. The average molecular weight is 1000 g/mol. The molecule has 3 fully saturated rings. The van der Waals surface area contributed by atoms with Crippen LogP contribution >= 0.6 is 0 Å². The molecule has 10 aliphatic rings. The van der Waals surface area contributed by atoms with E-state index in [9.17, 15) is 0 Å². The van der Waals surface area contributed by atoms with Crippen LogP contribution in [-0.4, -0.2) is 20.3 Å². The van der Waals surface area contributed by atoms with Crippen LogP contribution in [0.25, 0.3) is 0 Å². The van der Waals surface area contributed by atoms with Crippen molar-refractivity contribution < 1.29 is 0 Å². The van der Waals surface area contributed by atoms with Gasteiger partial charge >= 0.3 is 0 Å². The molecule has 76 heavy (non-hydrogen) atoms. The Morgan fingerprint density at radius 1 is 0.553 bits per heavy atom. The van der Waals surface area contributed by atoms with E-state index < -0.39 is 8.07 Å². The average Bonchev–Trinajstić information content (AvgIpc) is 4.23. The Morgan fingerprint density at radius 2 is 1.14 bits per heavy atom. The Labute approximate surface area is 452 Å². The summed E-state index contributed by atoms with van der Waals surface area (Å²) in [6, 6.07) is 61.2. The molecule has 0 radical (unpaired) electrons. The molecule has 17 rings (SSSR count). The first-order valence-electron chi connectivity index (χ1n) is 29.2. The summed E-state index contributed by atoms with van der Waals surface area (Å²) in [6.45, 7) is 15.4. The van der Waals surface area contributed by atoms with Crippen LogP contribution in [0, 0.1) is 23.7 Å². The highest BCUT2D eigenvalue weighted by Crippen LogP contribution is 2.63. The van der Waals surface area contributed by atoms with Gasteiger partial charge in [-0.1, -0.05) is 189 Å². The predicted octanol–water partition coefficient (Wildman–Crippen LogP) is 13.7. The van der Waals surface area contributed by atoms with Crippen molar-refractivity contribution in [3.8, 4) is 0 Å². The molecule has 0 spiro atoms. The fraction of sp³-hybridized carbons (Fsp3) is 0.324. The van der Waals surface area contributed by atoms with E-state index in [-0.39, 0.29) is 28.5 Å². The number of fused-ring (bicyclic) bond motifs is 4. The van der Waals surface area contributed by atoms with Crippen LogP contribution in [0.5, 0.6) is 0 Å². The van der Waals surface area contributed by atoms with Gasteiger partial charge in [0.2, 0.25) is 0 Å². The van der Waals surface area contributed by atoms with E-state index in [1.165, 1.54) is 135 Å². The van der Waals surface area contributed by atoms with Gasteiger partial charge in [0.15, 0.2) is 0 Å². The summed E-state index contributed by atoms with van der Waals surface area (Å²) in [5.41, 5.74) is 24.4. The maximum Gasteiger partial charge on any atom is 0.251 e. The van der Waals surface area contributed by atoms with Crippen LogP contribution in [0.15, 0.2) is 187 Å². The number of benzene rings is 7. The molecular formula is C71H68BN3Si. The molecule has 7 aromatic carbocycles. The van der Waals surface area contributed by atoms with Crippen molar-refractivity contribution in [2.75, 3.05) is 14.7 Å². The molecule has 9 atom stereocenters. The zero-order valence-corrected chi connectivity index (χ0v) is 46.3. The lowest BCUT2D eigenvalue weighted by Crippen LogP contribution is -2.83. The second kappa shape index (κ2) is 14.9. The lowest BCUT2D eigenvalue weighted by Gasteiger charge is -2.54. The Kier molecular flexibility index (Phi) is 8.75. The molecule has 5 heteroatoms. The van der Waals surface area contributed by atoms with Crippen LogP contribution in [0.2, 0.25) is 6.55 Å². The molecule has 4 aliphatic heterocycles. The van der Waals surface area contributed by atoms with E-state index in [1.807, 2.05) is 0 Å². The molecule has 3 saturated carbocycles. The summed E-state index contributed by atoms with van der Waals surface area (Å²) >= 11 is 0. The largest absolute Gasteiger partial charge is 0.334 e. The molecular weight excluding hydrogens is 934 g/mol. The van der Waals surface area contributed by atoms with Crippen LogP contribution in [0.1, 0.15) is 109 Å². The van der Waals surface area contributed by atoms with Crippen LogP contribution < -0.4 is 46.6 Å². The topological polar surface area (TPSA) is 9.72 Å². The second-order valence-electron chi connectivity index (χ2n) is 26.7. The van der Waals surface area contributed by atoms with E-state index in [0.717, 1.165) is 18.3 Å². The Hall–Kier alpha value is -6.56. The zero-order chi connectivity index (χ0) is 50.8. The molecule has 7 aromatic rings. The maximum atomic E-state index is 2.83. The molecule has 0 bridgehead atoms. The highest BCUT2D eigenvalue weighted by molar-refractivity contribution is 7.21. The molecule has 4 heterocycles. The highest BCUT2D eigenvalue weighted by atomic mass is 28.3. The highest BCUT2D eigenvalue weighted by Gasteiger charge is 2.59. The smallest absolute Gasteiger partial charge is 0.251 e. The van der Waals surface area contributed by atoms with Crippen LogP contribution in [0.3, 0.4) is 0 Å². The number of allylic oxidation sites excluding steroid dienone is 6. The second-order valence-corrected chi connectivity index (χ2v) is 30.6. The van der Waals surface area contributed by atoms with Crippen molar-refractivity contribution in [3.63, 3.8) is 0 Å². The number of anilines is 8. The number of para-hydroxylation sites is 1. The lowest BCUT2D eigenvalue weighted by atomic mass is 9.33. The van der Waals surface area contributed by atoms with Crippen LogP contribution in [0.4, 0.5) is 45.5 Å². The first kappa shape index (κ1) is 44.6. The SMILES string of the molecule is CC1CC2CC2=CC(C)(c2ccc(N3c4cc(N5c6ccccc6C6(C)CCCCC56C)cc5c4B4c6c3cccc6[Si@](C)(c3ccccc3)c3cccc(c34)N5c3ccc(C4(C)C=C5CC6=CC(C4)[C@H]65)cc3)cc2)C1. The van der Waals surface area contributed by atoms with E-state index in [1.54, 1.807) is 27.1 Å². The molecule has 0 amide bonds. The summed E-state index contributed by atoms with van der Waals surface area (Å²) in [7, 11) is -2.59. The zero-order valence-electron chi connectivity index (χ0n) is 45.3. The molecule has 7 unspecified atom stereocenters. The van der Waals surface area contributed by atoms with Gasteiger partial charge in [-0.15, -0.1) is 0 Å². The van der Waals surface area contributed by atoms with E-state index in [4.69, 9.17) is 0 Å². The molecule has 6 aliphatic carbocycles. The third-order valence-electron chi connectivity index (χ3n) is 22.4. The van der Waals surface area contributed by atoms with Gasteiger partial charge in [-0.25, -0.2) is 0 Å². The fourth-order valence-electron chi connectivity index (χ4n) is 18.5. The van der Waals surface area contributed by atoms with Gasteiger partial charge in [0.25, 0.3) is 6.71 Å². The number of hydrogen-bond acceptors (Lipinski definition) is 3. The minimum absolute atomic E-state index is 0.0289. The molecule has 0 N–H and O–H groups in total. The van der Waals surface area contributed by atoms with Gasteiger partial charge in [-0.3, -0.25) is 0 Å². The Balaban J connectivity index is 0.930. The maximum absolute atomic E-state index is 2.83. The standard InChI is InChI=1S/C71H68BN3Si/c1-44-34-45-35-47(45)41-68(2,40-44)50-24-28-52(29-25-50)73-58-20-14-22-62-66(58)72-65-60(73)38-54(75-57-19-11-10-18-56(57)70(4)32-12-13-33-71(70,75)5)39-61(65)74(59-21-15-23-63(67(59)72)76(62,6)55-16-8-7-9-17-55)53-30-26-51(27-31-53)69(3)42-48-36-46-37-49(43-69)64(46)48/h7-11,14-31,36,38-39,41,43-45,48,64H,12-13,32-35,37,40,42H2,1-6H3/t44?,45?,48?,64-,68?,69?,70?,71?,76-/m0/s1. The third kappa shape index (κ3) is 5.61. The predicted molar refractivity (Wildman–Crippen MR) is 322 cm³/mol. The summed E-state index contributed by atoms with van der Waals surface area (Å²) in [5, 5.41) is 4.57. The summed E-state index contributed by atoms with van der Waals surface area (Å²) in [4.78, 5) is 8.28. The molecule has 3 nitrogen and oxygen atoms in total. The van der Waals surface area contributed by atoms with Crippen molar-refractivity contribution in [1.29, 1.82) is 0 Å². The summed E-state index contributed by atoms with van der Waals surface area (Å²) in [6.07, 6.45) is 19.0. The number of rotatable bonds is 6. The van der Waals surface area contributed by atoms with E-state index in [2.05, 4.69) is 226 Å². The fourth-order valence-corrected chi connectivity index (χ4v) is 22.8. The van der Waals surface area contributed by atoms with Gasteiger partial charge in [0, 0.05) is 67.7 Å². The molecule has 0 saturated heterocycles. The van der Waals surface area contributed by atoms with Gasteiger partial charge in [-0.05, 0) is 162 Å². The number of hydrogen-bond donors (Lipinski definition) is 0. The Bertz CT molecular complexity index is 3800. The van der Waals surface area contributed by atoms with Gasteiger partial charge < -0.3 is 14.7 Å². The quantitative estimate of drug-likeness (QED) is 0.121. The normalized spacial score (nSPS) is 32.0. The summed E-state index contributed by atoms with van der Waals surface area (Å²) < 4.78 is 0. The first-order valence-corrected chi connectivity index (χ1v) is 31.7. The molecule has 0 aromatic heterocycles. The minimum Gasteiger partial charge on any atom is -0.334 e. The first-order chi connectivity index (χ1) is 36.9. The lowest BCUT2D eigenvalue weighted by molar-refractivity contribution is 0.195. The third-order valence-corrected chi connectivity index (χ3v) is 26.9.